The second kappa shape index (κ2) is 8.99. The SMILES string of the molecule is Cc1cc(C#Cc2cn(C[C@H]3CN(c4ccc(C5=CCS(=O)(=O)CC5)c(F)c4)C(=O)O3)nn2)on1. The molecule has 4 heterocycles. The lowest BCUT2D eigenvalue weighted by Crippen LogP contribution is -2.26. The minimum absolute atomic E-state index is 0.00450. The van der Waals surface area contributed by atoms with Gasteiger partial charge in [-0.05, 0) is 49.0 Å². The van der Waals surface area contributed by atoms with Crippen LogP contribution in [0.1, 0.15) is 29.1 Å². The number of hydrogen-bond donors (Lipinski definition) is 0. The predicted molar refractivity (Wildman–Crippen MR) is 123 cm³/mol. The van der Waals surface area contributed by atoms with Gasteiger partial charge in [0.25, 0.3) is 0 Å². The number of halogens is 1. The maximum atomic E-state index is 14.8. The van der Waals surface area contributed by atoms with Crippen molar-refractivity contribution in [3.63, 3.8) is 0 Å². The van der Waals surface area contributed by atoms with Crippen molar-refractivity contribution in [2.75, 3.05) is 23.0 Å². The van der Waals surface area contributed by atoms with E-state index in [-0.39, 0.29) is 31.0 Å². The molecule has 0 aliphatic carbocycles. The molecule has 0 unspecified atom stereocenters. The fraction of sp³-hybridized carbons (Fsp3) is 0.304. The van der Waals surface area contributed by atoms with Crippen LogP contribution in [0.3, 0.4) is 0 Å². The van der Waals surface area contributed by atoms with Crippen LogP contribution in [-0.2, 0) is 21.1 Å². The number of nitrogens with zero attached hydrogens (tertiary/aromatic N) is 5. The van der Waals surface area contributed by atoms with Crippen LogP contribution in [0.25, 0.3) is 5.57 Å². The molecule has 35 heavy (non-hydrogen) atoms. The highest BCUT2D eigenvalue weighted by atomic mass is 32.2. The molecule has 12 heteroatoms. The number of carbonyl (C=O) groups is 1. The number of sulfone groups is 1. The van der Waals surface area contributed by atoms with Gasteiger partial charge in [-0.15, -0.1) is 5.10 Å². The Hall–Kier alpha value is -3.98. The summed E-state index contributed by atoms with van der Waals surface area (Å²) in [4.78, 5) is 13.8. The van der Waals surface area contributed by atoms with Crippen LogP contribution in [-0.4, -0.2) is 58.8 Å². The monoisotopic (exact) mass is 497 g/mol. The van der Waals surface area contributed by atoms with E-state index in [1.165, 1.54) is 15.6 Å². The van der Waals surface area contributed by atoms with Gasteiger partial charge in [0.15, 0.2) is 15.5 Å². The normalized spacial score (nSPS) is 19.1. The second-order valence-corrected chi connectivity index (χ2v) is 10.5. The lowest BCUT2D eigenvalue weighted by molar-refractivity contribution is 0.129. The standard InChI is InChI=1S/C23H20FN5O5S/c1-15-10-19(34-26-15)4-2-17-12-28(27-25-17)13-20-14-29(23(30)33-20)18-3-5-21(22(24)11-18)16-6-8-35(31,32)9-7-16/h3,5-6,10-12,20H,7-9,13-14H2,1H3/t20-/m0/s1. The zero-order valence-corrected chi connectivity index (χ0v) is 19.5. The van der Waals surface area contributed by atoms with E-state index in [0.717, 1.165) is 5.69 Å². The molecule has 1 amide bonds. The van der Waals surface area contributed by atoms with Gasteiger partial charge >= 0.3 is 6.09 Å². The molecular weight excluding hydrogens is 477 g/mol. The molecule has 2 aliphatic rings. The lowest BCUT2D eigenvalue weighted by atomic mass is 10.0. The molecule has 2 aliphatic heterocycles. The number of cyclic esters (lactones) is 1. The summed E-state index contributed by atoms with van der Waals surface area (Å²) in [6.07, 6.45) is 2.32. The molecule has 1 aromatic carbocycles. The largest absolute Gasteiger partial charge is 0.442 e. The molecular formula is C23H20FN5O5S. The summed E-state index contributed by atoms with van der Waals surface area (Å²) in [5.41, 5.74) is 2.48. The molecule has 0 radical (unpaired) electrons. The lowest BCUT2D eigenvalue weighted by Gasteiger charge is -2.17. The van der Waals surface area contributed by atoms with Gasteiger partial charge in [-0.2, -0.15) is 0 Å². The number of benzene rings is 1. The third-order valence-electron chi connectivity index (χ3n) is 5.62. The summed E-state index contributed by atoms with van der Waals surface area (Å²) < 4.78 is 50.0. The van der Waals surface area contributed by atoms with Crippen LogP contribution in [0.15, 0.2) is 41.1 Å². The van der Waals surface area contributed by atoms with Gasteiger partial charge in [0.05, 0.1) is 42.2 Å². The van der Waals surface area contributed by atoms with E-state index in [2.05, 4.69) is 27.3 Å². The number of ether oxygens (including phenoxy) is 1. The second-order valence-electron chi connectivity index (χ2n) is 8.28. The third-order valence-corrected chi connectivity index (χ3v) is 7.12. The van der Waals surface area contributed by atoms with Gasteiger partial charge in [-0.1, -0.05) is 16.4 Å². The quantitative estimate of drug-likeness (QED) is 0.504. The van der Waals surface area contributed by atoms with Gasteiger partial charge in [-0.25, -0.2) is 22.3 Å². The first-order chi connectivity index (χ1) is 16.8. The van der Waals surface area contributed by atoms with Crippen molar-refractivity contribution in [1.29, 1.82) is 0 Å². The zero-order valence-electron chi connectivity index (χ0n) is 18.6. The number of allylic oxidation sites excluding steroid dienone is 1. The van der Waals surface area contributed by atoms with Crippen molar-refractivity contribution in [1.82, 2.24) is 20.2 Å². The number of carbonyl (C=O) groups excluding carboxylic acids is 1. The van der Waals surface area contributed by atoms with E-state index < -0.39 is 27.9 Å². The molecule has 5 rings (SSSR count). The molecule has 10 nitrogen and oxygen atoms in total. The Morgan fingerprint density at radius 3 is 2.83 bits per heavy atom. The van der Waals surface area contributed by atoms with Crippen LogP contribution < -0.4 is 4.90 Å². The molecule has 2 aromatic heterocycles. The number of amides is 1. The predicted octanol–water partition coefficient (Wildman–Crippen LogP) is 2.34. The van der Waals surface area contributed by atoms with Crippen molar-refractivity contribution in [3.8, 4) is 11.8 Å². The number of anilines is 1. The summed E-state index contributed by atoms with van der Waals surface area (Å²) in [6.45, 7) is 2.25. The fourth-order valence-electron chi connectivity index (χ4n) is 3.88. The summed E-state index contributed by atoms with van der Waals surface area (Å²) in [5.74, 6) is 5.43. The first-order valence-corrected chi connectivity index (χ1v) is 12.6. The van der Waals surface area contributed by atoms with Crippen LogP contribution in [0.2, 0.25) is 0 Å². The van der Waals surface area contributed by atoms with Crippen molar-refractivity contribution in [2.24, 2.45) is 0 Å². The van der Waals surface area contributed by atoms with Gasteiger partial charge in [-0.3, -0.25) is 4.90 Å². The van der Waals surface area contributed by atoms with Crippen molar-refractivity contribution in [3.05, 3.63) is 65.1 Å². The number of aryl methyl sites for hydroxylation is 1. The third kappa shape index (κ3) is 5.09. The highest BCUT2D eigenvalue weighted by molar-refractivity contribution is 7.91. The number of hydrogen-bond acceptors (Lipinski definition) is 8. The molecule has 3 aromatic rings. The summed E-state index contributed by atoms with van der Waals surface area (Å²) in [6, 6.07) is 6.15. The molecule has 1 fully saturated rings. The van der Waals surface area contributed by atoms with Crippen LogP contribution in [0, 0.1) is 24.6 Å². The Kier molecular flexibility index (Phi) is 5.86. The van der Waals surface area contributed by atoms with E-state index >= 15 is 0 Å². The molecule has 0 spiro atoms. The van der Waals surface area contributed by atoms with Crippen LogP contribution in [0.5, 0.6) is 0 Å². The molecule has 0 saturated carbocycles. The van der Waals surface area contributed by atoms with E-state index in [9.17, 15) is 17.6 Å². The molecule has 0 bridgehead atoms. The Labute approximate surface area is 200 Å². The van der Waals surface area contributed by atoms with E-state index in [1.807, 2.05) is 0 Å². The van der Waals surface area contributed by atoms with E-state index in [4.69, 9.17) is 9.26 Å². The molecule has 180 valence electrons. The maximum absolute atomic E-state index is 14.8. The van der Waals surface area contributed by atoms with Gasteiger partial charge in [0.1, 0.15) is 11.9 Å². The fourth-order valence-corrected chi connectivity index (χ4v) is 5.04. The Bertz CT molecular complexity index is 1500. The van der Waals surface area contributed by atoms with Gasteiger partial charge < -0.3 is 9.26 Å². The molecule has 1 saturated heterocycles. The van der Waals surface area contributed by atoms with Crippen molar-refractivity contribution >= 4 is 27.2 Å². The molecule has 1 atom stereocenters. The molecule has 0 N–H and O–H groups in total. The van der Waals surface area contributed by atoms with Crippen molar-refractivity contribution < 1.29 is 26.9 Å². The summed E-state index contributed by atoms with van der Waals surface area (Å²) in [7, 11) is -3.10. The smallest absolute Gasteiger partial charge is 0.414 e. The minimum Gasteiger partial charge on any atom is -0.442 e. The maximum Gasteiger partial charge on any atom is 0.414 e. The number of aromatic nitrogens is 4. The Balaban J connectivity index is 1.24. The topological polar surface area (TPSA) is 120 Å². The average molecular weight is 498 g/mol. The average Bonchev–Trinajstić information content (AvgIpc) is 3.53. The first kappa shape index (κ1) is 22.8. The number of rotatable bonds is 4. The van der Waals surface area contributed by atoms with E-state index in [1.54, 1.807) is 37.4 Å². The summed E-state index contributed by atoms with van der Waals surface area (Å²) in [5, 5.41) is 11.7. The zero-order chi connectivity index (χ0) is 24.6. The highest BCUT2D eigenvalue weighted by Crippen LogP contribution is 2.30. The van der Waals surface area contributed by atoms with Crippen LogP contribution >= 0.6 is 0 Å². The Morgan fingerprint density at radius 1 is 1.26 bits per heavy atom. The van der Waals surface area contributed by atoms with Crippen molar-refractivity contribution in [2.45, 2.75) is 26.0 Å². The Morgan fingerprint density at radius 2 is 2.11 bits per heavy atom. The van der Waals surface area contributed by atoms with E-state index in [0.29, 0.717) is 28.3 Å². The van der Waals surface area contributed by atoms with Gasteiger partial charge in [0.2, 0.25) is 5.76 Å². The summed E-state index contributed by atoms with van der Waals surface area (Å²) >= 11 is 0. The minimum atomic E-state index is -3.10. The van der Waals surface area contributed by atoms with Crippen LogP contribution in [0.4, 0.5) is 14.9 Å². The highest BCUT2D eigenvalue weighted by Gasteiger charge is 2.33. The first-order valence-electron chi connectivity index (χ1n) is 10.8. The van der Waals surface area contributed by atoms with Gasteiger partial charge in [0, 0.05) is 11.6 Å².